The molecule has 0 amide bonds. The number of hydrogen-bond donors (Lipinski definition) is 1. The molecule has 24 heavy (non-hydrogen) atoms. The molecule has 0 saturated carbocycles. The van der Waals surface area contributed by atoms with Crippen LogP contribution in [0.15, 0.2) is 39.9 Å². The lowest BCUT2D eigenvalue weighted by Crippen LogP contribution is -2.39. The van der Waals surface area contributed by atoms with Crippen LogP contribution in [0.5, 0.6) is 5.88 Å². The van der Waals surface area contributed by atoms with Crippen LogP contribution in [0.25, 0.3) is 6.08 Å². The molecule has 0 aliphatic carbocycles. The van der Waals surface area contributed by atoms with Gasteiger partial charge in [-0.1, -0.05) is 6.08 Å². The Bertz CT molecular complexity index is 966. The molecule has 1 aromatic heterocycles. The summed E-state index contributed by atoms with van der Waals surface area (Å²) in [5, 5.41) is 20.4. The van der Waals surface area contributed by atoms with Crippen LogP contribution in [0.3, 0.4) is 0 Å². The SMILES string of the molecule is Cn1c(O)c(C(=O)/C=C/c2ccc([N+](=O)[O-])cc2)c(=O)n(C)c1=O. The van der Waals surface area contributed by atoms with Gasteiger partial charge in [-0.25, -0.2) is 4.79 Å². The highest BCUT2D eigenvalue weighted by atomic mass is 16.6. The van der Waals surface area contributed by atoms with Gasteiger partial charge >= 0.3 is 5.69 Å². The average Bonchev–Trinajstić information content (AvgIpc) is 2.57. The number of rotatable bonds is 4. The molecule has 1 N–H and O–H groups in total. The number of benzene rings is 1. The summed E-state index contributed by atoms with van der Waals surface area (Å²) in [4.78, 5) is 45.8. The fourth-order valence-corrected chi connectivity index (χ4v) is 2.01. The fraction of sp³-hybridized carbons (Fsp3) is 0.133. The lowest BCUT2D eigenvalue weighted by molar-refractivity contribution is -0.384. The standard InChI is InChI=1S/C15H13N3O6/c1-16-13(20)12(14(21)17(2)15(16)22)11(19)8-5-9-3-6-10(7-4-9)18(23)24/h3-8,20H,1-2H3/b8-5+. The maximum absolute atomic E-state index is 12.2. The van der Waals surface area contributed by atoms with E-state index >= 15 is 0 Å². The molecular formula is C15H13N3O6. The van der Waals surface area contributed by atoms with Gasteiger partial charge in [0.15, 0.2) is 5.78 Å². The van der Waals surface area contributed by atoms with E-state index in [-0.39, 0.29) is 5.69 Å². The molecule has 0 radical (unpaired) electrons. The molecule has 0 bridgehead atoms. The van der Waals surface area contributed by atoms with Crippen molar-refractivity contribution in [2.24, 2.45) is 14.1 Å². The molecule has 124 valence electrons. The number of nitrogens with zero attached hydrogens (tertiary/aromatic N) is 3. The van der Waals surface area contributed by atoms with E-state index < -0.39 is 33.4 Å². The van der Waals surface area contributed by atoms with Crippen molar-refractivity contribution in [1.29, 1.82) is 0 Å². The number of aromatic nitrogens is 2. The topological polar surface area (TPSA) is 124 Å². The summed E-state index contributed by atoms with van der Waals surface area (Å²) in [6, 6.07) is 5.40. The molecule has 0 aliphatic rings. The third kappa shape index (κ3) is 3.00. The second-order valence-corrected chi connectivity index (χ2v) is 4.95. The van der Waals surface area contributed by atoms with Gasteiger partial charge in [0.05, 0.1) is 4.92 Å². The number of hydrogen-bond acceptors (Lipinski definition) is 6. The molecule has 0 spiro atoms. The molecule has 2 rings (SSSR count). The van der Waals surface area contributed by atoms with E-state index in [0.29, 0.717) is 10.1 Å². The van der Waals surface area contributed by atoms with Crippen LogP contribution in [0.1, 0.15) is 15.9 Å². The summed E-state index contributed by atoms with van der Waals surface area (Å²) < 4.78 is 1.50. The van der Waals surface area contributed by atoms with Gasteiger partial charge < -0.3 is 5.11 Å². The number of nitro groups is 1. The molecule has 0 fully saturated rings. The van der Waals surface area contributed by atoms with Crippen molar-refractivity contribution >= 4 is 17.5 Å². The minimum absolute atomic E-state index is 0.0944. The third-order valence-electron chi connectivity index (χ3n) is 3.41. The molecule has 9 nitrogen and oxygen atoms in total. The number of aromatic hydroxyl groups is 1. The zero-order valence-electron chi connectivity index (χ0n) is 12.8. The van der Waals surface area contributed by atoms with Crippen LogP contribution in [-0.2, 0) is 14.1 Å². The van der Waals surface area contributed by atoms with Crippen LogP contribution in [0.4, 0.5) is 5.69 Å². The van der Waals surface area contributed by atoms with E-state index in [1.807, 2.05) is 0 Å². The smallest absolute Gasteiger partial charge is 0.333 e. The maximum Gasteiger partial charge on any atom is 0.333 e. The summed E-state index contributed by atoms with van der Waals surface area (Å²) in [5.41, 5.74) is -1.79. The molecule has 0 saturated heterocycles. The number of nitro benzene ring substituents is 1. The van der Waals surface area contributed by atoms with Gasteiger partial charge in [0.2, 0.25) is 5.88 Å². The summed E-state index contributed by atoms with van der Waals surface area (Å²) in [5.74, 6) is -1.51. The Balaban J connectivity index is 2.39. The number of carbonyl (C=O) groups is 1. The monoisotopic (exact) mass is 331 g/mol. The van der Waals surface area contributed by atoms with Gasteiger partial charge in [0, 0.05) is 26.2 Å². The van der Waals surface area contributed by atoms with Gasteiger partial charge in [-0.2, -0.15) is 0 Å². The van der Waals surface area contributed by atoms with Crippen molar-refractivity contribution in [3.05, 3.63) is 72.4 Å². The minimum Gasteiger partial charge on any atom is -0.494 e. The predicted octanol–water partition coefficient (Wildman–Crippen LogP) is 0.594. The zero-order chi connectivity index (χ0) is 18.0. The molecule has 0 aliphatic heterocycles. The van der Waals surface area contributed by atoms with E-state index in [1.54, 1.807) is 0 Å². The normalized spacial score (nSPS) is 10.9. The van der Waals surface area contributed by atoms with Crippen LogP contribution in [0, 0.1) is 10.1 Å². The first-order chi connectivity index (χ1) is 11.2. The van der Waals surface area contributed by atoms with Crippen molar-refractivity contribution in [2.75, 3.05) is 0 Å². The molecule has 9 heteroatoms. The second-order valence-electron chi connectivity index (χ2n) is 4.95. The molecule has 0 unspecified atom stereocenters. The maximum atomic E-state index is 12.2. The highest BCUT2D eigenvalue weighted by Crippen LogP contribution is 2.14. The van der Waals surface area contributed by atoms with Gasteiger partial charge in [0.1, 0.15) is 5.56 Å². The Labute approximate surface area is 134 Å². The molecule has 1 aromatic carbocycles. The third-order valence-corrected chi connectivity index (χ3v) is 3.41. The Morgan fingerprint density at radius 3 is 2.29 bits per heavy atom. The van der Waals surface area contributed by atoms with E-state index in [0.717, 1.165) is 10.6 Å². The van der Waals surface area contributed by atoms with Crippen LogP contribution in [-0.4, -0.2) is 24.9 Å². The van der Waals surface area contributed by atoms with Crippen molar-refractivity contribution in [1.82, 2.24) is 9.13 Å². The van der Waals surface area contributed by atoms with Crippen LogP contribution >= 0.6 is 0 Å². The van der Waals surface area contributed by atoms with E-state index in [2.05, 4.69) is 0 Å². The van der Waals surface area contributed by atoms with E-state index in [9.17, 15) is 29.6 Å². The predicted molar refractivity (Wildman–Crippen MR) is 85.0 cm³/mol. The summed E-state index contributed by atoms with van der Waals surface area (Å²) in [7, 11) is 2.43. The number of allylic oxidation sites excluding steroid dienone is 1. The Morgan fingerprint density at radius 1 is 1.17 bits per heavy atom. The van der Waals surface area contributed by atoms with Gasteiger partial charge in [0.25, 0.3) is 11.2 Å². The van der Waals surface area contributed by atoms with E-state index in [1.165, 1.54) is 44.4 Å². The number of carbonyl (C=O) groups excluding carboxylic acids is 1. The largest absolute Gasteiger partial charge is 0.494 e. The average molecular weight is 331 g/mol. The molecule has 2 aromatic rings. The summed E-state index contributed by atoms with van der Waals surface area (Å²) in [6.07, 6.45) is 2.39. The Morgan fingerprint density at radius 2 is 1.75 bits per heavy atom. The van der Waals surface area contributed by atoms with Crippen molar-refractivity contribution in [3.8, 4) is 5.88 Å². The van der Waals surface area contributed by atoms with Gasteiger partial charge in [-0.15, -0.1) is 0 Å². The van der Waals surface area contributed by atoms with Crippen LogP contribution in [0.2, 0.25) is 0 Å². The lowest BCUT2D eigenvalue weighted by atomic mass is 10.1. The van der Waals surface area contributed by atoms with Crippen molar-refractivity contribution < 1.29 is 14.8 Å². The van der Waals surface area contributed by atoms with Crippen molar-refractivity contribution in [2.45, 2.75) is 0 Å². The minimum atomic E-state index is -0.908. The molecule has 1 heterocycles. The fourth-order valence-electron chi connectivity index (χ4n) is 2.01. The first-order valence-electron chi connectivity index (χ1n) is 6.70. The quantitative estimate of drug-likeness (QED) is 0.378. The van der Waals surface area contributed by atoms with Crippen molar-refractivity contribution in [3.63, 3.8) is 0 Å². The van der Waals surface area contributed by atoms with Gasteiger partial charge in [-0.3, -0.25) is 28.8 Å². The van der Waals surface area contributed by atoms with Crippen LogP contribution < -0.4 is 11.2 Å². The first-order valence-corrected chi connectivity index (χ1v) is 6.70. The Kier molecular flexibility index (Phi) is 4.45. The van der Waals surface area contributed by atoms with Gasteiger partial charge in [-0.05, 0) is 23.8 Å². The zero-order valence-corrected chi connectivity index (χ0v) is 12.8. The number of non-ortho nitro benzene ring substituents is 1. The highest BCUT2D eigenvalue weighted by molar-refractivity contribution is 6.08. The summed E-state index contributed by atoms with van der Waals surface area (Å²) in [6.45, 7) is 0. The number of ketones is 1. The first kappa shape index (κ1) is 16.9. The summed E-state index contributed by atoms with van der Waals surface area (Å²) >= 11 is 0. The Hall–Kier alpha value is -3.49. The highest BCUT2D eigenvalue weighted by Gasteiger charge is 2.19. The lowest BCUT2D eigenvalue weighted by Gasteiger charge is -2.07. The van der Waals surface area contributed by atoms with E-state index in [4.69, 9.17) is 0 Å². The second kappa shape index (κ2) is 6.32. The molecule has 0 atom stereocenters. The molecular weight excluding hydrogens is 318 g/mol.